The molecule has 1 aromatic carbocycles. The Bertz CT molecular complexity index is 454. The fourth-order valence-electron chi connectivity index (χ4n) is 1.48. The molecule has 0 aliphatic heterocycles. The molecule has 1 aromatic rings. The first kappa shape index (κ1) is 10.6. The second kappa shape index (κ2) is 4.71. The van der Waals surface area contributed by atoms with Crippen LogP contribution in [-0.2, 0) is 4.79 Å². The second-order valence-corrected chi connectivity index (χ2v) is 3.58. The Morgan fingerprint density at radius 3 is 2.38 bits per heavy atom. The average molecular weight is 214 g/mol. The maximum absolute atomic E-state index is 12.6. The zero-order valence-electron chi connectivity index (χ0n) is 8.64. The Morgan fingerprint density at radius 1 is 1.12 bits per heavy atom. The van der Waals surface area contributed by atoms with Gasteiger partial charge < -0.3 is 0 Å². The first-order valence-corrected chi connectivity index (χ1v) is 5.08. The summed E-state index contributed by atoms with van der Waals surface area (Å²) in [6.45, 7) is 0. The summed E-state index contributed by atoms with van der Waals surface area (Å²) in [5.74, 6) is -0.379. The third kappa shape index (κ3) is 2.54. The van der Waals surface area contributed by atoms with Crippen LogP contribution in [0.3, 0.4) is 0 Å². The average Bonchev–Trinajstić information content (AvgIpc) is 2.81. The molecule has 0 N–H and O–H groups in total. The molecule has 16 heavy (non-hydrogen) atoms. The maximum atomic E-state index is 12.6. The van der Waals surface area contributed by atoms with E-state index in [1.807, 2.05) is 24.3 Å². The van der Waals surface area contributed by atoms with E-state index in [4.69, 9.17) is 0 Å². The fourth-order valence-corrected chi connectivity index (χ4v) is 1.48. The monoisotopic (exact) mass is 214 g/mol. The molecule has 0 unspecified atom stereocenters. The van der Waals surface area contributed by atoms with Crippen molar-refractivity contribution in [3.8, 4) is 0 Å². The Kier molecular flexibility index (Phi) is 3.10. The summed E-state index contributed by atoms with van der Waals surface area (Å²) in [4.78, 5) is 11.6. The van der Waals surface area contributed by atoms with E-state index in [2.05, 4.69) is 0 Å². The van der Waals surface area contributed by atoms with Crippen molar-refractivity contribution in [1.29, 1.82) is 0 Å². The van der Waals surface area contributed by atoms with Gasteiger partial charge in [0.1, 0.15) is 5.82 Å². The second-order valence-electron chi connectivity index (χ2n) is 3.58. The van der Waals surface area contributed by atoms with E-state index in [1.165, 1.54) is 18.2 Å². The molecule has 80 valence electrons. The highest BCUT2D eigenvalue weighted by Crippen LogP contribution is 2.12. The molecule has 0 bridgehead atoms. The van der Waals surface area contributed by atoms with Gasteiger partial charge in [0.2, 0.25) is 0 Å². The van der Waals surface area contributed by atoms with Gasteiger partial charge in [-0.2, -0.15) is 0 Å². The van der Waals surface area contributed by atoms with Crippen molar-refractivity contribution in [3.05, 3.63) is 66.0 Å². The van der Waals surface area contributed by atoms with Gasteiger partial charge in [0, 0.05) is 0 Å². The Balaban J connectivity index is 2.03. The highest BCUT2D eigenvalue weighted by Gasteiger charge is 2.10. The van der Waals surface area contributed by atoms with Crippen LogP contribution in [0.15, 0.2) is 54.6 Å². The van der Waals surface area contributed by atoms with Crippen molar-refractivity contribution < 1.29 is 9.18 Å². The van der Waals surface area contributed by atoms with Gasteiger partial charge in [-0.25, -0.2) is 4.39 Å². The van der Waals surface area contributed by atoms with Gasteiger partial charge in [-0.1, -0.05) is 42.5 Å². The Hall–Kier alpha value is -1.96. The van der Waals surface area contributed by atoms with E-state index < -0.39 is 0 Å². The molecule has 2 heteroatoms. The predicted molar refractivity (Wildman–Crippen MR) is 62.2 cm³/mol. The zero-order valence-corrected chi connectivity index (χ0v) is 8.64. The molecular weight excluding hydrogens is 203 g/mol. The largest absolute Gasteiger partial charge is 0.294 e. The summed E-state index contributed by atoms with van der Waals surface area (Å²) in [5.41, 5.74) is 0.820. The molecule has 0 amide bonds. The molecule has 0 aromatic heterocycles. The number of ketones is 1. The van der Waals surface area contributed by atoms with Crippen LogP contribution < -0.4 is 0 Å². The number of benzene rings is 1. The van der Waals surface area contributed by atoms with E-state index >= 15 is 0 Å². The lowest BCUT2D eigenvalue weighted by molar-refractivity contribution is -0.115. The molecule has 0 saturated carbocycles. The first-order chi connectivity index (χ1) is 7.75. The minimum Gasteiger partial charge on any atom is -0.294 e. The maximum Gasteiger partial charge on any atom is 0.166 e. The molecule has 1 aliphatic rings. The molecular formula is C14H11FO. The summed E-state index contributed by atoms with van der Waals surface area (Å²) >= 11 is 0. The summed E-state index contributed by atoms with van der Waals surface area (Å²) in [5, 5.41) is 0. The number of hydrogen-bond acceptors (Lipinski definition) is 1. The zero-order chi connectivity index (χ0) is 11.4. The highest BCUT2D eigenvalue weighted by atomic mass is 19.1. The van der Waals surface area contributed by atoms with Crippen LogP contribution in [0.2, 0.25) is 0 Å². The van der Waals surface area contributed by atoms with Gasteiger partial charge >= 0.3 is 0 Å². The smallest absolute Gasteiger partial charge is 0.166 e. The van der Waals surface area contributed by atoms with E-state index in [1.54, 1.807) is 18.2 Å². The summed E-state index contributed by atoms with van der Waals surface area (Å²) in [6.07, 6.45) is 10.6. The molecule has 0 spiro atoms. The lowest BCUT2D eigenvalue weighted by Crippen LogP contribution is -2.03. The summed E-state index contributed by atoms with van der Waals surface area (Å²) in [6, 6.07) is 6.03. The quantitative estimate of drug-likeness (QED) is 0.706. The van der Waals surface area contributed by atoms with Gasteiger partial charge in [0.15, 0.2) is 5.78 Å². The topological polar surface area (TPSA) is 17.1 Å². The van der Waals surface area contributed by atoms with Crippen LogP contribution in [0.1, 0.15) is 5.56 Å². The van der Waals surface area contributed by atoms with E-state index in [0.29, 0.717) is 0 Å². The molecule has 2 rings (SSSR count). The van der Waals surface area contributed by atoms with Crippen molar-refractivity contribution >= 4 is 11.9 Å². The lowest BCUT2D eigenvalue weighted by Gasteiger charge is -1.98. The molecule has 0 radical (unpaired) electrons. The van der Waals surface area contributed by atoms with Crippen LogP contribution >= 0.6 is 0 Å². The number of allylic oxidation sites excluding steroid dienone is 5. The molecule has 0 heterocycles. The number of rotatable bonds is 3. The number of hydrogen-bond donors (Lipinski definition) is 0. The predicted octanol–water partition coefficient (Wildman–Crippen LogP) is 3.15. The van der Waals surface area contributed by atoms with E-state index in [0.717, 1.165) is 5.56 Å². The van der Waals surface area contributed by atoms with Gasteiger partial charge in [0.05, 0.1) is 5.92 Å². The van der Waals surface area contributed by atoms with Crippen LogP contribution in [0, 0.1) is 11.7 Å². The fraction of sp³-hybridized carbons (Fsp3) is 0.0714. The minimum absolute atomic E-state index is 0.0364. The lowest BCUT2D eigenvalue weighted by atomic mass is 10.1. The standard InChI is InChI=1S/C14H11FO/c15-13-8-5-11(6-9-13)7-10-14(16)12-3-1-2-4-12/h1-10,12H. The van der Waals surface area contributed by atoms with Crippen molar-refractivity contribution in [2.24, 2.45) is 5.92 Å². The minimum atomic E-state index is -0.273. The highest BCUT2D eigenvalue weighted by molar-refractivity contribution is 5.98. The summed E-state index contributed by atoms with van der Waals surface area (Å²) in [7, 11) is 0. The molecule has 1 nitrogen and oxygen atoms in total. The van der Waals surface area contributed by atoms with E-state index in [-0.39, 0.29) is 17.5 Å². The van der Waals surface area contributed by atoms with E-state index in [9.17, 15) is 9.18 Å². The normalized spacial score (nSPS) is 15.1. The number of carbonyl (C=O) groups is 1. The van der Waals surface area contributed by atoms with Crippen LogP contribution in [-0.4, -0.2) is 5.78 Å². The molecule has 0 saturated heterocycles. The molecule has 0 atom stereocenters. The number of halogens is 1. The summed E-state index contributed by atoms with van der Waals surface area (Å²) < 4.78 is 12.6. The van der Waals surface area contributed by atoms with Crippen LogP contribution in [0.5, 0.6) is 0 Å². The Morgan fingerprint density at radius 2 is 1.75 bits per heavy atom. The van der Waals surface area contributed by atoms with Gasteiger partial charge in [0.25, 0.3) is 0 Å². The Labute approximate surface area is 93.6 Å². The SMILES string of the molecule is O=C(C=Cc1ccc(F)cc1)C1C=CC=C1. The number of carbonyl (C=O) groups excluding carboxylic acids is 1. The van der Waals surface area contributed by atoms with Crippen LogP contribution in [0.25, 0.3) is 6.08 Å². The van der Waals surface area contributed by atoms with Crippen molar-refractivity contribution in [2.45, 2.75) is 0 Å². The van der Waals surface area contributed by atoms with Gasteiger partial charge in [-0.15, -0.1) is 0 Å². The van der Waals surface area contributed by atoms with Crippen LogP contribution in [0.4, 0.5) is 4.39 Å². The van der Waals surface area contributed by atoms with Gasteiger partial charge in [-0.3, -0.25) is 4.79 Å². The van der Waals surface area contributed by atoms with Crippen molar-refractivity contribution in [3.63, 3.8) is 0 Å². The molecule has 0 fully saturated rings. The third-order valence-corrected chi connectivity index (χ3v) is 2.39. The van der Waals surface area contributed by atoms with Crippen molar-refractivity contribution in [1.82, 2.24) is 0 Å². The van der Waals surface area contributed by atoms with Gasteiger partial charge in [-0.05, 0) is 23.8 Å². The molecule has 1 aliphatic carbocycles. The third-order valence-electron chi connectivity index (χ3n) is 2.39. The van der Waals surface area contributed by atoms with Crippen molar-refractivity contribution in [2.75, 3.05) is 0 Å². The first-order valence-electron chi connectivity index (χ1n) is 5.08.